The number of benzene rings is 3. The molecular formula is C26H22N2O6. The number of aryl methyl sites for hydroxylation is 1. The fourth-order valence-electron chi connectivity index (χ4n) is 3.31. The number of nitro groups is 1. The van der Waals surface area contributed by atoms with Crippen molar-refractivity contribution in [3.05, 3.63) is 105 Å². The number of aliphatic imine (C=N–C) groups is 1. The molecule has 3 aromatic rings. The Morgan fingerprint density at radius 3 is 2.56 bits per heavy atom. The second-order valence-corrected chi connectivity index (χ2v) is 7.56. The number of nitrogens with zero attached hydrogens (tertiary/aromatic N) is 2. The summed E-state index contributed by atoms with van der Waals surface area (Å²) < 4.78 is 16.9. The van der Waals surface area contributed by atoms with Crippen molar-refractivity contribution in [2.75, 3.05) is 6.61 Å². The molecule has 3 aromatic carbocycles. The summed E-state index contributed by atoms with van der Waals surface area (Å²) in [6, 6.07) is 19.0. The molecule has 1 heterocycles. The lowest BCUT2D eigenvalue weighted by molar-refractivity contribution is -0.384. The van der Waals surface area contributed by atoms with Crippen molar-refractivity contribution < 1.29 is 23.9 Å². The first kappa shape index (κ1) is 22.7. The van der Waals surface area contributed by atoms with Gasteiger partial charge in [-0.25, -0.2) is 9.79 Å². The molecule has 34 heavy (non-hydrogen) atoms. The highest BCUT2D eigenvalue weighted by Crippen LogP contribution is 2.31. The van der Waals surface area contributed by atoms with Crippen LogP contribution < -0.4 is 9.47 Å². The third-order valence-electron chi connectivity index (χ3n) is 5.01. The maximum atomic E-state index is 12.3. The maximum Gasteiger partial charge on any atom is 0.363 e. The van der Waals surface area contributed by atoms with E-state index in [1.165, 1.54) is 12.1 Å². The molecule has 8 nitrogen and oxygen atoms in total. The predicted molar refractivity (Wildman–Crippen MR) is 127 cm³/mol. The molecule has 0 aromatic heterocycles. The van der Waals surface area contributed by atoms with E-state index in [-0.39, 0.29) is 23.9 Å². The Morgan fingerprint density at radius 1 is 1.03 bits per heavy atom. The van der Waals surface area contributed by atoms with Crippen LogP contribution in [0.2, 0.25) is 0 Å². The Bertz CT molecular complexity index is 1290. The first-order valence-corrected chi connectivity index (χ1v) is 10.7. The van der Waals surface area contributed by atoms with Gasteiger partial charge in [0.05, 0.1) is 11.5 Å². The topological polar surface area (TPSA) is 100 Å². The molecule has 0 N–H and O–H groups in total. The van der Waals surface area contributed by atoms with Crippen LogP contribution in [0, 0.1) is 17.0 Å². The van der Waals surface area contributed by atoms with Gasteiger partial charge in [-0.1, -0.05) is 35.9 Å². The Labute approximate surface area is 196 Å². The van der Waals surface area contributed by atoms with Gasteiger partial charge in [-0.2, -0.15) is 0 Å². The van der Waals surface area contributed by atoms with E-state index in [1.807, 2.05) is 38.1 Å². The first-order chi connectivity index (χ1) is 16.4. The molecule has 4 rings (SSSR count). The molecular weight excluding hydrogens is 436 g/mol. The summed E-state index contributed by atoms with van der Waals surface area (Å²) in [4.78, 5) is 27.2. The van der Waals surface area contributed by atoms with Gasteiger partial charge in [0.15, 0.2) is 17.2 Å². The molecule has 0 amide bonds. The third kappa shape index (κ3) is 5.29. The average molecular weight is 458 g/mol. The molecule has 1 aliphatic rings. The van der Waals surface area contributed by atoms with Gasteiger partial charge in [-0.15, -0.1) is 0 Å². The average Bonchev–Trinajstić information content (AvgIpc) is 3.19. The third-order valence-corrected chi connectivity index (χ3v) is 5.01. The Morgan fingerprint density at radius 2 is 1.82 bits per heavy atom. The van der Waals surface area contributed by atoms with Crippen molar-refractivity contribution in [1.82, 2.24) is 0 Å². The number of cyclic esters (lactones) is 1. The Kier molecular flexibility index (Phi) is 6.68. The molecule has 1 aliphatic heterocycles. The Balaban J connectivity index is 1.54. The van der Waals surface area contributed by atoms with Gasteiger partial charge in [-0.3, -0.25) is 10.1 Å². The molecule has 0 spiro atoms. The van der Waals surface area contributed by atoms with E-state index >= 15 is 0 Å². The lowest BCUT2D eigenvalue weighted by Gasteiger charge is -2.13. The molecule has 0 saturated heterocycles. The second kappa shape index (κ2) is 9.99. The molecule has 8 heteroatoms. The number of hydrogen-bond donors (Lipinski definition) is 0. The summed E-state index contributed by atoms with van der Waals surface area (Å²) in [7, 11) is 0. The second-order valence-electron chi connectivity index (χ2n) is 7.56. The molecule has 0 aliphatic carbocycles. The van der Waals surface area contributed by atoms with E-state index in [1.54, 1.807) is 36.4 Å². The van der Waals surface area contributed by atoms with Gasteiger partial charge >= 0.3 is 5.97 Å². The monoisotopic (exact) mass is 458 g/mol. The molecule has 172 valence electrons. The van der Waals surface area contributed by atoms with E-state index in [0.717, 1.165) is 11.1 Å². The lowest BCUT2D eigenvalue weighted by Crippen LogP contribution is -2.05. The van der Waals surface area contributed by atoms with Crippen molar-refractivity contribution in [3.63, 3.8) is 0 Å². The number of nitro benzene ring substituents is 1. The van der Waals surface area contributed by atoms with Crippen molar-refractivity contribution in [2.24, 2.45) is 4.99 Å². The van der Waals surface area contributed by atoms with Crippen LogP contribution in [0.15, 0.2) is 77.4 Å². The van der Waals surface area contributed by atoms with Gasteiger partial charge in [0.2, 0.25) is 5.90 Å². The summed E-state index contributed by atoms with van der Waals surface area (Å²) >= 11 is 0. The van der Waals surface area contributed by atoms with Crippen LogP contribution in [0.3, 0.4) is 0 Å². The number of esters is 1. The summed E-state index contributed by atoms with van der Waals surface area (Å²) in [5.41, 5.74) is 3.36. The molecule has 0 atom stereocenters. The van der Waals surface area contributed by atoms with Crippen LogP contribution in [0.1, 0.15) is 29.2 Å². The number of carbonyl (C=O) groups is 1. The zero-order chi connectivity index (χ0) is 24.1. The Hall–Kier alpha value is -4.46. The lowest BCUT2D eigenvalue weighted by atomic mass is 10.1. The SMILES string of the molecule is CCOc1cc(C=C2N=C(c3ccc(C)cc3)OC2=O)ccc1OCc1cccc([N+](=O)[O-])c1. The standard InChI is InChI=1S/C26H22N2O6/c1-3-32-24-15-18(9-12-23(24)33-16-19-5-4-6-21(13-19)28(30)31)14-22-26(29)34-25(27-22)20-10-7-17(2)8-11-20/h4-15H,3,16H2,1-2H3. The van der Waals surface area contributed by atoms with E-state index < -0.39 is 10.9 Å². The van der Waals surface area contributed by atoms with Gasteiger partial charge in [0, 0.05) is 17.7 Å². The van der Waals surface area contributed by atoms with E-state index in [4.69, 9.17) is 14.2 Å². The maximum absolute atomic E-state index is 12.3. The number of carbonyl (C=O) groups excluding carboxylic acids is 1. The first-order valence-electron chi connectivity index (χ1n) is 10.7. The normalized spacial score (nSPS) is 14.0. The van der Waals surface area contributed by atoms with Gasteiger partial charge in [0.25, 0.3) is 5.69 Å². The molecule has 0 unspecified atom stereocenters. The van der Waals surface area contributed by atoms with Crippen molar-refractivity contribution >= 4 is 23.6 Å². The summed E-state index contributed by atoms with van der Waals surface area (Å²) in [6.07, 6.45) is 1.62. The summed E-state index contributed by atoms with van der Waals surface area (Å²) in [5.74, 6) is 0.697. The highest BCUT2D eigenvalue weighted by molar-refractivity contribution is 6.12. The highest BCUT2D eigenvalue weighted by atomic mass is 16.6. The molecule has 0 saturated carbocycles. The van der Waals surface area contributed by atoms with Crippen molar-refractivity contribution in [3.8, 4) is 11.5 Å². The quantitative estimate of drug-likeness (QED) is 0.198. The number of ether oxygens (including phenoxy) is 3. The van der Waals surface area contributed by atoms with Crippen molar-refractivity contribution in [2.45, 2.75) is 20.5 Å². The predicted octanol–water partition coefficient (Wildman–Crippen LogP) is 5.23. The van der Waals surface area contributed by atoms with Crippen molar-refractivity contribution in [1.29, 1.82) is 0 Å². The van der Waals surface area contributed by atoms with Gasteiger partial charge in [0.1, 0.15) is 6.61 Å². The van der Waals surface area contributed by atoms with E-state index in [9.17, 15) is 14.9 Å². The van der Waals surface area contributed by atoms with Crippen LogP contribution in [0.4, 0.5) is 5.69 Å². The zero-order valence-electron chi connectivity index (χ0n) is 18.7. The minimum absolute atomic E-state index is 0.00196. The van der Waals surface area contributed by atoms with E-state index in [0.29, 0.717) is 29.2 Å². The van der Waals surface area contributed by atoms with E-state index in [2.05, 4.69) is 4.99 Å². The minimum atomic E-state index is -0.528. The number of non-ortho nitro benzene ring substituents is 1. The highest BCUT2D eigenvalue weighted by Gasteiger charge is 2.24. The number of hydrogen-bond acceptors (Lipinski definition) is 7. The largest absolute Gasteiger partial charge is 0.490 e. The van der Waals surface area contributed by atoms with Crippen LogP contribution in [-0.2, 0) is 16.1 Å². The molecule has 0 fully saturated rings. The minimum Gasteiger partial charge on any atom is -0.490 e. The smallest absolute Gasteiger partial charge is 0.363 e. The van der Waals surface area contributed by atoms with Crippen LogP contribution in [0.5, 0.6) is 11.5 Å². The van der Waals surface area contributed by atoms with Gasteiger partial charge < -0.3 is 14.2 Å². The van der Waals surface area contributed by atoms with Crippen LogP contribution in [0.25, 0.3) is 6.08 Å². The molecule has 0 radical (unpaired) electrons. The fourth-order valence-corrected chi connectivity index (χ4v) is 3.31. The zero-order valence-corrected chi connectivity index (χ0v) is 18.7. The van der Waals surface area contributed by atoms with Gasteiger partial charge in [-0.05, 0) is 55.3 Å². The summed E-state index contributed by atoms with van der Waals surface area (Å²) in [5, 5.41) is 11.0. The number of rotatable bonds is 8. The fraction of sp³-hybridized carbons (Fsp3) is 0.154. The summed E-state index contributed by atoms with van der Waals surface area (Å²) in [6.45, 7) is 4.37. The molecule has 0 bridgehead atoms. The van der Waals surface area contributed by atoms with Crippen LogP contribution in [-0.4, -0.2) is 23.4 Å². The van der Waals surface area contributed by atoms with Crippen LogP contribution >= 0.6 is 0 Å².